The smallest absolute Gasteiger partial charge is 0.253 e. The molecule has 1 saturated heterocycles. The molecule has 2 heterocycles. The van der Waals surface area contributed by atoms with Crippen LogP contribution in [-0.2, 0) is 11.2 Å². The number of nitrogens with zero attached hydrogens (tertiary/aromatic N) is 3. The van der Waals surface area contributed by atoms with Gasteiger partial charge in [-0.05, 0) is 42.3 Å². The number of ether oxygens (including phenoxy) is 1. The standard InChI is InChI=1S/C25H33N3O3/c1-2-3-4-5-6-18-31-23-11-9-22(10-12-23)25(30)28-16-14-27(15-17-28)24(29)19-21-8-7-13-26-20-21/h7-13,20H,2-6,14-19H2,1H3. The van der Waals surface area contributed by atoms with E-state index < -0.39 is 0 Å². The van der Waals surface area contributed by atoms with E-state index in [1.165, 1.54) is 25.7 Å². The van der Waals surface area contributed by atoms with Crippen LogP contribution < -0.4 is 4.74 Å². The van der Waals surface area contributed by atoms with Crippen LogP contribution in [-0.4, -0.2) is 59.4 Å². The molecule has 1 aromatic carbocycles. The molecule has 0 aliphatic carbocycles. The fourth-order valence-electron chi connectivity index (χ4n) is 3.72. The van der Waals surface area contributed by atoms with Crippen molar-refractivity contribution in [1.82, 2.24) is 14.8 Å². The number of hydrogen-bond acceptors (Lipinski definition) is 4. The van der Waals surface area contributed by atoms with Gasteiger partial charge in [0.2, 0.25) is 5.91 Å². The SMILES string of the molecule is CCCCCCCOc1ccc(C(=O)N2CCN(C(=O)Cc3cccnc3)CC2)cc1. The van der Waals surface area contributed by atoms with E-state index in [2.05, 4.69) is 11.9 Å². The number of benzene rings is 1. The number of hydrogen-bond donors (Lipinski definition) is 0. The molecule has 0 saturated carbocycles. The Morgan fingerprint density at radius 1 is 0.935 bits per heavy atom. The molecular formula is C25H33N3O3. The van der Waals surface area contributed by atoms with Gasteiger partial charge in [0.1, 0.15) is 5.75 Å². The Bertz CT molecular complexity index is 816. The van der Waals surface area contributed by atoms with Crippen LogP contribution in [0.3, 0.4) is 0 Å². The van der Waals surface area contributed by atoms with Crippen LogP contribution in [0.5, 0.6) is 5.75 Å². The molecule has 3 rings (SSSR count). The molecule has 0 unspecified atom stereocenters. The zero-order chi connectivity index (χ0) is 21.9. The lowest BCUT2D eigenvalue weighted by molar-refractivity contribution is -0.131. The van der Waals surface area contributed by atoms with Crippen molar-refractivity contribution in [2.24, 2.45) is 0 Å². The third-order valence-electron chi connectivity index (χ3n) is 5.62. The summed E-state index contributed by atoms with van der Waals surface area (Å²) in [6.07, 6.45) is 9.81. The maximum absolute atomic E-state index is 12.8. The van der Waals surface area contributed by atoms with Gasteiger partial charge in [-0.25, -0.2) is 0 Å². The molecule has 31 heavy (non-hydrogen) atoms. The van der Waals surface area contributed by atoms with Crippen LogP contribution in [0.25, 0.3) is 0 Å². The zero-order valence-corrected chi connectivity index (χ0v) is 18.5. The lowest BCUT2D eigenvalue weighted by atomic mass is 10.1. The first-order chi connectivity index (χ1) is 15.2. The summed E-state index contributed by atoms with van der Waals surface area (Å²) in [5.74, 6) is 0.889. The highest BCUT2D eigenvalue weighted by atomic mass is 16.5. The van der Waals surface area contributed by atoms with Gasteiger partial charge in [-0.15, -0.1) is 0 Å². The van der Waals surface area contributed by atoms with Gasteiger partial charge in [0.05, 0.1) is 13.0 Å². The van der Waals surface area contributed by atoms with Gasteiger partial charge < -0.3 is 14.5 Å². The summed E-state index contributed by atoms with van der Waals surface area (Å²) in [6, 6.07) is 11.1. The van der Waals surface area contributed by atoms with Crippen molar-refractivity contribution in [2.45, 2.75) is 45.4 Å². The second-order valence-electron chi connectivity index (χ2n) is 8.00. The van der Waals surface area contributed by atoms with E-state index in [0.29, 0.717) is 44.8 Å². The molecule has 0 radical (unpaired) electrons. The third kappa shape index (κ3) is 7.09. The summed E-state index contributed by atoms with van der Waals surface area (Å²) in [5, 5.41) is 0. The maximum atomic E-state index is 12.8. The predicted molar refractivity (Wildman–Crippen MR) is 121 cm³/mol. The number of aromatic nitrogens is 1. The van der Waals surface area contributed by atoms with E-state index in [9.17, 15) is 9.59 Å². The molecule has 0 bridgehead atoms. The highest BCUT2D eigenvalue weighted by Gasteiger charge is 2.24. The van der Waals surface area contributed by atoms with E-state index in [1.807, 2.05) is 46.2 Å². The molecular weight excluding hydrogens is 390 g/mol. The minimum atomic E-state index is 0.00507. The number of rotatable bonds is 10. The molecule has 2 aromatic rings. The number of amides is 2. The van der Waals surface area contributed by atoms with E-state index in [4.69, 9.17) is 4.74 Å². The van der Waals surface area contributed by atoms with Crippen molar-refractivity contribution in [2.75, 3.05) is 32.8 Å². The summed E-state index contributed by atoms with van der Waals surface area (Å²) in [5.41, 5.74) is 1.57. The summed E-state index contributed by atoms with van der Waals surface area (Å²) in [6.45, 7) is 5.14. The molecule has 2 amide bonds. The second kappa shape index (κ2) is 12.1. The molecule has 0 spiro atoms. The molecule has 0 atom stereocenters. The summed E-state index contributed by atoms with van der Waals surface area (Å²) in [4.78, 5) is 33.0. The number of pyridine rings is 1. The van der Waals surface area contributed by atoms with Gasteiger partial charge in [0, 0.05) is 44.1 Å². The quantitative estimate of drug-likeness (QED) is 0.543. The van der Waals surface area contributed by atoms with E-state index in [0.717, 1.165) is 17.7 Å². The Morgan fingerprint density at radius 2 is 1.65 bits per heavy atom. The molecule has 0 N–H and O–H groups in total. The number of piperazine rings is 1. The van der Waals surface area contributed by atoms with Crippen LogP contribution in [0.1, 0.15) is 54.9 Å². The monoisotopic (exact) mass is 423 g/mol. The van der Waals surface area contributed by atoms with E-state index >= 15 is 0 Å². The highest BCUT2D eigenvalue weighted by Crippen LogP contribution is 2.16. The van der Waals surface area contributed by atoms with Gasteiger partial charge in [-0.2, -0.15) is 0 Å². The average molecular weight is 424 g/mol. The first-order valence-electron chi connectivity index (χ1n) is 11.4. The van der Waals surface area contributed by atoms with Crippen molar-refractivity contribution in [1.29, 1.82) is 0 Å². The van der Waals surface area contributed by atoms with Crippen LogP contribution in [0.2, 0.25) is 0 Å². The number of carbonyl (C=O) groups excluding carboxylic acids is 2. The Morgan fingerprint density at radius 3 is 2.32 bits per heavy atom. The van der Waals surface area contributed by atoms with E-state index in [1.54, 1.807) is 12.4 Å². The summed E-state index contributed by atoms with van der Waals surface area (Å²) < 4.78 is 5.78. The Kier molecular flexibility index (Phi) is 8.88. The van der Waals surface area contributed by atoms with Crippen LogP contribution in [0.15, 0.2) is 48.8 Å². The van der Waals surface area contributed by atoms with Gasteiger partial charge in [-0.1, -0.05) is 38.7 Å². The fraction of sp³-hybridized carbons (Fsp3) is 0.480. The molecule has 6 heteroatoms. The molecule has 166 valence electrons. The number of carbonyl (C=O) groups is 2. The van der Waals surface area contributed by atoms with Crippen molar-refractivity contribution < 1.29 is 14.3 Å². The minimum Gasteiger partial charge on any atom is -0.494 e. The van der Waals surface area contributed by atoms with Crippen LogP contribution >= 0.6 is 0 Å². The van der Waals surface area contributed by atoms with Crippen molar-refractivity contribution in [3.8, 4) is 5.75 Å². The maximum Gasteiger partial charge on any atom is 0.253 e. The normalized spacial score (nSPS) is 13.8. The molecule has 6 nitrogen and oxygen atoms in total. The second-order valence-corrected chi connectivity index (χ2v) is 8.00. The third-order valence-corrected chi connectivity index (χ3v) is 5.62. The molecule has 1 aromatic heterocycles. The Labute approximate surface area is 185 Å². The Hall–Kier alpha value is -2.89. The first-order valence-corrected chi connectivity index (χ1v) is 11.4. The van der Waals surface area contributed by atoms with Crippen molar-refractivity contribution in [3.63, 3.8) is 0 Å². The summed E-state index contributed by atoms with van der Waals surface area (Å²) >= 11 is 0. The fourth-order valence-corrected chi connectivity index (χ4v) is 3.72. The van der Waals surface area contributed by atoms with Crippen LogP contribution in [0, 0.1) is 0 Å². The predicted octanol–water partition coefficient (Wildman–Crippen LogP) is 3.96. The van der Waals surface area contributed by atoms with Gasteiger partial charge in [-0.3, -0.25) is 14.6 Å². The zero-order valence-electron chi connectivity index (χ0n) is 18.5. The molecule has 1 aliphatic heterocycles. The lowest BCUT2D eigenvalue weighted by Crippen LogP contribution is -2.51. The largest absolute Gasteiger partial charge is 0.494 e. The summed E-state index contributed by atoms with van der Waals surface area (Å²) in [7, 11) is 0. The molecule has 1 fully saturated rings. The van der Waals surface area contributed by atoms with Crippen LogP contribution in [0.4, 0.5) is 0 Å². The highest BCUT2D eigenvalue weighted by molar-refractivity contribution is 5.94. The van der Waals surface area contributed by atoms with Gasteiger partial charge in [0.15, 0.2) is 0 Å². The van der Waals surface area contributed by atoms with E-state index in [-0.39, 0.29) is 11.8 Å². The molecule has 1 aliphatic rings. The topological polar surface area (TPSA) is 62.7 Å². The first kappa shape index (κ1) is 22.8. The number of unbranched alkanes of at least 4 members (excludes halogenated alkanes) is 4. The Balaban J connectivity index is 1.41. The van der Waals surface area contributed by atoms with Gasteiger partial charge >= 0.3 is 0 Å². The van der Waals surface area contributed by atoms with Crippen molar-refractivity contribution >= 4 is 11.8 Å². The lowest BCUT2D eigenvalue weighted by Gasteiger charge is -2.35. The average Bonchev–Trinajstić information content (AvgIpc) is 2.82. The van der Waals surface area contributed by atoms with Crippen molar-refractivity contribution in [3.05, 3.63) is 59.9 Å². The minimum absolute atomic E-state index is 0.00507. The van der Waals surface area contributed by atoms with Gasteiger partial charge in [0.25, 0.3) is 5.91 Å².